The average molecular weight is 426 g/mol. The van der Waals surface area contributed by atoms with E-state index in [1.165, 1.54) is 11.3 Å². The minimum Gasteiger partial charge on any atom is -0.379 e. The highest BCUT2D eigenvalue weighted by Gasteiger charge is 2.28. The maximum atomic E-state index is 12.2. The van der Waals surface area contributed by atoms with Crippen molar-refractivity contribution in [3.05, 3.63) is 19.2 Å². The lowest BCUT2D eigenvalue weighted by Crippen LogP contribution is -2.55. The molecule has 1 fully saturated rings. The van der Waals surface area contributed by atoms with E-state index in [0.29, 0.717) is 11.4 Å². The van der Waals surface area contributed by atoms with Crippen LogP contribution < -0.4 is 5.32 Å². The van der Waals surface area contributed by atoms with Crippen LogP contribution >= 0.6 is 43.2 Å². The standard InChI is InChI=1S/C13H18Br2N2O2S/c1-13(2,17-3-5-19-6-4-17)8-16-12(18)10-7-9(14)11(15)20-10/h7H,3-6,8H2,1-2H3,(H,16,18). The third-order valence-electron chi connectivity index (χ3n) is 3.42. The zero-order valence-electron chi connectivity index (χ0n) is 11.5. The number of thiophene rings is 1. The molecule has 0 atom stereocenters. The van der Waals surface area contributed by atoms with Crippen LogP contribution in [0.25, 0.3) is 0 Å². The summed E-state index contributed by atoms with van der Waals surface area (Å²) in [7, 11) is 0. The van der Waals surface area contributed by atoms with Gasteiger partial charge in [0.15, 0.2) is 0 Å². The molecule has 0 saturated carbocycles. The first-order chi connectivity index (χ1) is 9.40. The molecule has 1 aliphatic heterocycles. The molecule has 0 bridgehead atoms. The molecule has 0 aromatic carbocycles. The van der Waals surface area contributed by atoms with Crippen LogP contribution in [0.2, 0.25) is 0 Å². The van der Waals surface area contributed by atoms with Crippen LogP contribution in [0.1, 0.15) is 23.5 Å². The van der Waals surface area contributed by atoms with Crippen molar-refractivity contribution in [1.29, 1.82) is 0 Å². The van der Waals surface area contributed by atoms with E-state index in [9.17, 15) is 4.79 Å². The molecule has 1 aliphatic rings. The fraction of sp³-hybridized carbons (Fsp3) is 0.615. The Balaban J connectivity index is 1.91. The monoisotopic (exact) mass is 424 g/mol. The first kappa shape index (κ1) is 16.4. The predicted octanol–water partition coefficient (Wildman–Crippen LogP) is 3.11. The van der Waals surface area contributed by atoms with Crippen LogP contribution in [0, 0.1) is 0 Å². The highest BCUT2D eigenvalue weighted by molar-refractivity contribution is 9.13. The minimum atomic E-state index is -0.0643. The third kappa shape index (κ3) is 4.04. The van der Waals surface area contributed by atoms with Crippen molar-refractivity contribution in [2.45, 2.75) is 19.4 Å². The molecule has 2 heterocycles. The number of ether oxygens (including phenoxy) is 1. The number of carbonyl (C=O) groups is 1. The Kier molecular flexibility index (Phi) is 5.64. The predicted molar refractivity (Wildman–Crippen MR) is 88.5 cm³/mol. The number of carbonyl (C=O) groups excluding carboxylic acids is 1. The van der Waals surface area contributed by atoms with Crippen molar-refractivity contribution in [1.82, 2.24) is 10.2 Å². The summed E-state index contributed by atoms with van der Waals surface area (Å²) in [6.45, 7) is 8.29. The molecule has 0 spiro atoms. The van der Waals surface area contributed by atoms with Gasteiger partial charge < -0.3 is 10.1 Å². The molecule has 1 amide bonds. The van der Waals surface area contributed by atoms with Crippen LogP contribution in [-0.4, -0.2) is 49.2 Å². The van der Waals surface area contributed by atoms with E-state index in [-0.39, 0.29) is 11.4 Å². The van der Waals surface area contributed by atoms with Gasteiger partial charge in [-0.25, -0.2) is 0 Å². The van der Waals surface area contributed by atoms with Crippen LogP contribution in [0.5, 0.6) is 0 Å². The first-order valence-corrected chi connectivity index (χ1v) is 8.86. The molecule has 0 unspecified atom stereocenters. The van der Waals surface area contributed by atoms with E-state index < -0.39 is 0 Å². The van der Waals surface area contributed by atoms with Gasteiger partial charge in [-0.15, -0.1) is 11.3 Å². The van der Waals surface area contributed by atoms with Gasteiger partial charge in [0.2, 0.25) is 0 Å². The number of rotatable bonds is 4. The maximum absolute atomic E-state index is 12.2. The summed E-state index contributed by atoms with van der Waals surface area (Å²) in [4.78, 5) is 15.2. The molecule has 20 heavy (non-hydrogen) atoms. The molecule has 112 valence electrons. The zero-order chi connectivity index (χ0) is 14.8. The summed E-state index contributed by atoms with van der Waals surface area (Å²) >= 11 is 8.24. The Bertz CT molecular complexity index is 465. The van der Waals surface area contributed by atoms with Gasteiger partial charge in [-0.05, 0) is 51.8 Å². The quantitative estimate of drug-likeness (QED) is 0.805. The molecular formula is C13H18Br2N2O2S. The third-order valence-corrected chi connectivity index (χ3v) is 6.67. The van der Waals surface area contributed by atoms with Gasteiger partial charge >= 0.3 is 0 Å². The van der Waals surface area contributed by atoms with Crippen LogP contribution in [0.3, 0.4) is 0 Å². The zero-order valence-corrected chi connectivity index (χ0v) is 15.5. The Morgan fingerprint density at radius 2 is 2.10 bits per heavy atom. The lowest BCUT2D eigenvalue weighted by atomic mass is 10.0. The van der Waals surface area contributed by atoms with Crippen LogP contribution in [0.4, 0.5) is 0 Å². The molecule has 4 nitrogen and oxygen atoms in total. The second-order valence-electron chi connectivity index (χ2n) is 5.33. The fourth-order valence-corrected chi connectivity index (χ4v) is 4.07. The molecule has 7 heteroatoms. The SMILES string of the molecule is CC(C)(CNC(=O)c1cc(Br)c(Br)s1)N1CCOCC1. The molecular weight excluding hydrogens is 408 g/mol. The first-order valence-electron chi connectivity index (χ1n) is 6.46. The second-order valence-corrected chi connectivity index (χ2v) is 8.55. The average Bonchev–Trinajstić information content (AvgIpc) is 2.77. The van der Waals surface area contributed by atoms with Crippen molar-refractivity contribution < 1.29 is 9.53 Å². The molecule has 1 aromatic rings. The van der Waals surface area contributed by atoms with E-state index in [1.807, 2.05) is 6.07 Å². The molecule has 0 aliphatic carbocycles. The number of hydrogen-bond acceptors (Lipinski definition) is 4. The van der Waals surface area contributed by atoms with Gasteiger partial charge in [0.05, 0.1) is 21.9 Å². The Morgan fingerprint density at radius 3 is 2.65 bits per heavy atom. The summed E-state index contributed by atoms with van der Waals surface area (Å²) in [5.41, 5.74) is -0.0643. The van der Waals surface area contributed by atoms with Gasteiger partial charge in [-0.3, -0.25) is 9.69 Å². The fourth-order valence-electron chi connectivity index (χ4n) is 2.12. The second kappa shape index (κ2) is 6.87. The van der Waals surface area contributed by atoms with Crippen molar-refractivity contribution in [3.8, 4) is 0 Å². The molecule has 1 N–H and O–H groups in total. The largest absolute Gasteiger partial charge is 0.379 e. The highest BCUT2D eigenvalue weighted by atomic mass is 79.9. The van der Waals surface area contributed by atoms with E-state index in [2.05, 4.69) is 55.9 Å². The lowest BCUT2D eigenvalue weighted by molar-refractivity contribution is -0.00922. The summed E-state index contributed by atoms with van der Waals surface area (Å²) in [5, 5.41) is 3.02. The Morgan fingerprint density at radius 1 is 1.45 bits per heavy atom. The van der Waals surface area contributed by atoms with Gasteiger partial charge in [-0.2, -0.15) is 0 Å². The topological polar surface area (TPSA) is 41.6 Å². The molecule has 1 saturated heterocycles. The Labute approximate surface area is 140 Å². The number of nitrogens with zero attached hydrogens (tertiary/aromatic N) is 1. The number of nitrogens with one attached hydrogen (secondary N) is 1. The number of amides is 1. The number of hydrogen-bond donors (Lipinski definition) is 1. The summed E-state index contributed by atoms with van der Waals surface area (Å²) in [6.07, 6.45) is 0. The van der Waals surface area contributed by atoms with Gasteiger partial charge in [0.1, 0.15) is 0 Å². The van der Waals surface area contributed by atoms with E-state index in [4.69, 9.17) is 4.74 Å². The smallest absolute Gasteiger partial charge is 0.261 e. The van der Waals surface area contributed by atoms with Crippen molar-refractivity contribution in [2.24, 2.45) is 0 Å². The highest BCUT2D eigenvalue weighted by Crippen LogP contribution is 2.32. The summed E-state index contributed by atoms with van der Waals surface area (Å²) in [6, 6.07) is 1.84. The van der Waals surface area contributed by atoms with E-state index >= 15 is 0 Å². The van der Waals surface area contributed by atoms with Crippen molar-refractivity contribution in [2.75, 3.05) is 32.8 Å². The number of halogens is 2. The van der Waals surface area contributed by atoms with Crippen LogP contribution in [-0.2, 0) is 4.74 Å². The normalized spacial score (nSPS) is 17.2. The van der Waals surface area contributed by atoms with Gasteiger partial charge in [-0.1, -0.05) is 0 Å². The summed E-state index contributed by atoms with van der Waals surface area (Å²) < 4.78 is 7.22. The van der Waals surface area contributed by atoms with Gasteiger partial charge in [0.25, 0.3) is 5.91 Å². The molecule has 1 aromatic heterocycles. The Hall–Kier alpha value is 0.0500. The number of morpholine rings is 1. The molecule has 2 rings (SSSR count). The van der Waals surface area contributed by atoms with Crippen molar-refractivity contribution in [3.63, 3.8) is 0 Å². The van der Waals surface area contributed by atoms with E-state index in [1.54, 1.807) is 0 Å². The lowest BCUT2D eigenvalue weighted by Gasteiger charge is -2.40. The van der Waals surface area contributed by atoms with E-state index in [0.717, 1.165) is 34.6 Å². The van der Waals surface area contributed by atoms with Crippen molar-refractivity contribution >= 4 is 49.1 Å². The summed E-state index contributed by atoms with van der Waals surface area (Å²) in [5.74, 6) is -0.0252. The minimum absolute atomic E-state index is 0.0252. The maximum Gasteiger partial charge on any atom is 0.261 e. The van der Waals surface area contributed by atoms with Crippen LogP contribution in [0.15, 0.2) is 14.3 Å². The van der Waals surface area contributed by atoms with Gasteiger partial charge in [0, 0.05) is 29.6 Å². The molecule has 0 radical (unpaired) electrons.